The van der Waals surface area contributed by atoms with Gasteiger partial charge in [-0.15, -0.1) is 6.58 Å². The molecule has 0 aromatic heterocycles. The van der Waals surface area contributed by atoms with Crippen LogP contribution in [0.3, 0.4) is 0 Å². The number of rotatable bonds is 3. The monoisotopic (exact) mass is 236 g/mol. The van der Waals surface area contributed by atoms with Gasteiger partial charge in [-0.3, -0.25) is 0 Å². The zero-order chi connectivity index (χ0) is 10.4. The first kappa shape index (κ1) is 12.5. The molecule has 2 heteroatoms. The maximum absolute atomic E-state index is 5.59. The molecule has 0 aliphatic carbocycles. The van der Waals surface area contributed by atoms with Crippen molar-refractivity contribution in [2.75, 3.05) is 0 Å². The van der Waals surface area contributed by atoms with E-state index in [2.05, 4.69) is 22.5 Å². The molecular weight excluding hydrogens is 223 g/mol. The lowest BCUT2D eigenvalue weighted by Crippen LogP contribution is -1.85. The van der Waals surface area contributed by atoms with E-state index < -0.39 is 0 Å². The first-order valence-electron chi connectivity index (χ1n) is 4.14. The van der Waals surface area contributed by atoms with Gasteiger partial charge in [0.15, 0.2) is 0 Å². The number of allylic oxidation sites excluding steroid dienone is 7. The molecule has 0 aliphatic heterocycles. The minimum Gasteiger partial charge on any atom is -0.106 e. The fourth-order valence-electron chi connectivity index (χ4n) is 0.891. The zero-order valence-corrected chi connectivity index (χ0v) is 9.98. The van der Waals surface area contributed by atoms with E-state index in [1.165, 1.54) is 0 Å². The second-order valence-corrected chi connectivity index (χ2v) is 3.59. The molecule has 0 saturated carbocycles. The second kappa shape index (κ2) is 6.03. The summed E-state index contributed by atoms with van der Waals surface area (Å²) in [5.74, 6) is 0. The van der Waals surface area contributed by atoms with Crippen molar-refractivity contribution in [1.82, 2.24) is 0 Å². The maximum atomic E-state index is 5.59. The molecule has 0 spiro atoms. The van der Waals surface area contributed by atoms with Gasteiger partial charge in [0.1, 0.15) is 7.85 Å². The fraction of sp³-hybridized carbons (Fsp3) is 0.273. The van der Waals surface area contributed by atoms with Crippen LogP contribution < -0.4 is 0 Å². The Bertz CT molecular complexity index is 282. The van der Waals surface area contributed by atoms with Gasteiger partial charge in [-0.2, -0.15) is 0 Å². The first-order chi connectivity index (χ1) is 6.02. The fourth-order valence-corrected chi connectivity index (χ4v) is 1.01. The van der Waals surface area contributed by atoms with Crippen molar-refractivity contribution < 1.29 is 0 Å². The molecule has 0 fully saturated rings. The predicted molar refractivity (Wildman–Crippen MR) is 65.1 cm³/mol. The maximum Gasteiger partial charge on any atom is 0.113 e. The molecule has 0 unspecified atom stereocenters. The van der Waals surface area contributed by atoms with Crippen molar-refractivity contribution in [2.24, 2.45) is 0 Å². The predicted octanol–water partition coefficient (Wildman–Crippen LogP) is 3.86. The van der Waals surface area contributed by atoms with Crippen molar-refractivity contribution in [1.29, 1.82) is 0 Å². The quantitative estimate of drug-likeness (QED) is 0.516. The van der Waals surface area contributed by atoms with Crippen LogP contribution in [-0.4, -0.2) is 7.85 Å². The lowest BCUT2D eigenvalue weighted by atomic mass is 9.88. The van der Waals surface area contributed by atoms with E-state index in [1.54, 1.807) is 0 Å². The van der Waals surface area contributed by atoms with Gasteiger partial charge in [0.2, 0.25) is 0 Å². The third kappa shape index (κ3) is 4.32. The highest BCUT2D eigenvalue weighted by molar-refractivity contribution is 9.12. The molecule has 0 amide bonds. The Hall–Kier alpha value is -0.495. The van der Waals surface area contributed by atoms with Gasteiger partial charge in [0.05, 0.1) is 0 Å². The number of hydrogen-bond acceptors (Lipinski definition) is 0. The van der Waals surface area contributed by atoms with E-state index in [0.717, 1.165) is 15.6 Å². The molecule has 0 atom stereocenters. The normalized spacial score (nSPS) is 14.6. The lowest BCUT2D eigenvalue weighted by Gasteiger charge is -2.03. The van der Waals surface area contributed by atoms with Crippen LogP contribution in [0.4, 0.5) is 0 Å². The van der Waals surface area contributed by atoms with Gasteiger partial charge in [-0.1, -0.05) is 39.6 Å². The van der Waals surface area contributed by atoms with Crippen molar-refractivity contribution in [3.05, 3.63) is 45.9 Å². The van der Waals surface area contributed by atoms with Gasteiger partial charge < -0.3 is 0 Å². The summed E-state index contributed by atoms with van der Waals surface area (Å²) in [6, 6.07) is 0. The number of halogens is 1. The Balaban J connectivity index is 4.84. The Morgan fingerprint density at radius 1 is 1.31 bits per heavy atom. The van der Waals surface area contributed by atoms with Crippen LogP contribution in [0.15, 0.2) is 45.9 Å². The van der Waals surface area contributed by atoms with Crippen molar-refractivity contribution >= 4 is 23.8 Å². The molecule has 0 heterocycles. The molecule has 0 rings (SSSR count). The summed E-state index contributed by atoms with van der Waals surface area (Å²) in [5.41, 5.74) is 2.71. The van der Waals surface area contributed by atoms with E-state index >= 15 is 0 Å². The van der Waals surface area contributed by atoms with Crippen molar-refractivity contribution in [3.8, 4) is 0 Å². The van der Waals surface area contributed by atoms with Crippen LogP contribution in [0.25, 0.3) is 0 Å². The molecule has 0 N–H and O–H groups in total. The summed E-state index contributed by atoms with van der Waals surface area (Å²) >= 11 is 3.44. The molecule has 0 nitrogen and oxygen atoms in total. The van der Waals surface area contributed by atoms with E-state index in [9.17, 15) is 0 Å². The SMILES string of the molecule is [B]C(=C)C(/C=C(C)\C(Br)=C/C)=C/C. The van der Waals surface area contributed by atoms with Gasteiger partial charge in [0, 0.05) is 4.48 Å². The Morgan fingerprint density at radius 3 is 2.15 bits per heavy atom. The van der Waals surface area contributed by atoms with E-state index in [0.29, 0.717) is 5.47 Å². The highest BCUT2D eigenvalue weighted by Gasteiger charge is 1.96. The van der Waals surface area contributed by atoms with Crippen LogP contribution in [0.1, 0.15) is 20.8 Å². The lowest BCUT2D eigenvalue weighted by molar-refractivity contribution is 1.44. The van der Waals surface area contributed by atoms with Crippen molar-refractivity contribution in [3.63, 3.8) is 0 Å². The van der Waals surface area contributed by atoms with Gasteiger partial charge in [0.25, 0.3) is 0 Å². The topological polar surface area (TPSA) is 0 Å². The minimum absolute atomic E-state index is 0.596. The zero-order valence-electron chi connectivity index (χ0n) is 8.39. The van der Waals surface area contributed by atoms with Crippen LogP contribution >= 0.6 is 15.9 Å². The average molecular weight is 237 g/mol. The Morgan fingerprint density at radius 2 is 1.85 bits per heavy atom. The van der Waals surface area contributed by atoms with Gasteiger partial charge in [-0.25, -0.2) is 0 Å². The van der Waals surface area contributed by atoms with Crippen molar-refractivity contribution in [2.45, 2.75) is 20.8 Å². The standard InChI is InChI=1S/C11H14BBr/c1-5-10(9(4)12)7-8(3)11(13)6-2/h5-7H,4H2,1-3H3/b8-7-,10-5+,11-6+. The molecule has 68 valence electrons. The van der Waals surface area contributed by atoms with Gasteiger partial charge in [-0.05, 0) is 31.9 Å². The molecular formula is C11H14BBr. The van der Waals surface area contributed by atoms with E-state index in [4.69, 9.17) is 7.85 Å². The van der Waals surface area contributed by atoms with Crippen LogP contribution in [0, 0.1) is 0 Å². The first-order valence-corrected chi connectivity index (χ1v) is 4.93. The smallest absolute Gasteiger partial charge is 0.106 e. The Kier molecular flexibility index (Phi) is 5.80. The van der Waals surface area contributed by atoms with Crippen LogP contribution in [0.5, 0.6) is 0 Å². The average Bonchev–Trinajstić information content (AvgIpc) is 2.11. The van der Waals surface area contributed by atoms with E-state index in [-0.39, 0.29) is 0 Å². The minimum atomic E-state index is 0.596. The molecule has 0 aromatic carbocycles. The third-order valence-electron chi connectivity index (χ3n) is 1.68. The molecule has 13 heavy (non-hydrogen) atoms. The summed E-state index contributed by atoms with van der Waals surface area (Å²) in [4.78, 5) is 0. The third-order valence-corrected chi connectivity index (χ3v) is 2.77. The molecule has 0 aliphatic rings. The summed E-state index contributed by atoms with van der Waals surface area (Å²) in [7, 11) is 5.59. The van der Waals surface area contributed by atoms with Crippen LogP contribution in [0.2, 0.25) is 0 Å². The summed E-state index contributed by atoms with van der Waals surface area (Å²) < 4.78 is 1.08. The molecule has 2 radical (unpaired) electrons. The Labute approximate surface area is 90.6 Å². The largest absolute Gasteiger partial charge is 0.113 e. The van der Waals surface area contributed by atoms with Crippen LogP contribution in [-0.2, 0) is 0 Å². The van der Waals surface area contributed by atoms with Gasteiger partial charge >= 0.3 is 0 Å². The summed E-state index contributed by atoms with van der Waals surface area (Å²) in [6.45, 7) is 9.64. The summed E-state index contributed by atoms with van der Waals surface area (Å²) in [5, 5.41) is 0. The molecule has 0 bridgehead atoms. The highest BCUT2D eigenvalue weighted by atomic mass is 79.9. The molecule has 0 saturated heterocycles. The number of hydrogen-bond donors (Lipinski definition) is 0. The summed E-state index contributed by atoms with van der Waals surface area (Å²) in [6.07, 6.45) is 5.95. The second-order valence-electron chi connectivity index (χ2n) is 2.73. The van der Waals surface area contributed by atoms with E-state index in [1.807, 2.05) is 39.0 Å². The molecule has 0 aromatic rings. The highest BCUT2D eigenvalue weighted by Crippen LogP contribution is 2.19.